The molecule has 0 atom stereocenters. The second-order valence-electron chi connectivity index (χ2n) is 6.30. The SMILES string of the molecule is O=C1NC(=O)N(c2ccccc2)C(=O)/C1=C/c1ccc(-c2ccc([N+](=O)[O-])cc2)o1. The number of imide groups is 2. The van der Waals surface area contributed by atoms with Gasteiger partial charge in [0.2, 0.25) is 0 Å². The molecule has 9 heteroatoms. The van der Waals surface area contributed by atoms with Gasteiger partial charge in [-0.2, -0.15) is 0 Å². The van der Waals surface area contributed by atoms with E-state index in [9.17, 15) is 24.5 Å². The number of non-ortho nitro benzene ring substituents is 1. The first-order valence-electron chi connectivity index (χ1n) is 8.75. The maximum absolute atomic E-state index is 12.8. The summed E-state index contributed by atoms with van der Waals surface area (Å²) >= 11 is 0. The molecule has 4 rings (SSSR count). The lowest BCUT2D eigenvalue weighted by Gasteiger charge is -2.26. The molecule has 1 aliphatic heterocycles. The highest BCUT2D eigenvalue weighted by Gasteiger charge is 2.36. The number of furan rings is 1. The third-order valence-corrected chi connectivity index (χ3v) is 4.39. The number of nitro benzene ring substituents is 1. The number of nitro groups is 1. The highest BCUT2D eigenvalue weighted by atomic mass is 16.6. The van der Waals surface area contributed by atoms with E-state index >= 15 is 0 Å². The number of carbonyl (C=O) groups excluding carboxylic acids is 3. The number of nitrogens with zero attached hydrogens (tertiary/aromatic N) is 2. The lowest BCUT2D eigenvalue weighted by atomic mass is 10.1. The van der Waals surface area contributed by atoms with Crippen LogP contribution in [0.5, 0.6) is 0 Å². The topological polar surface area (TPSA) is 123 Å². The fourth-order valence-electron chi connectivity index (χ4n) is 2.94. The maximum Gasteiger partial charge on any atom is 0.335 e. The molecule has 4 amide bonds. The predicted molar refractivity (Wildman–Crippen MR) is 106 cm³/mol. The molecule has 1 aromatic heterocycles. The summed E-state index contributed by atoms with van der Waals surface area (Å²) in [5.74, 6) is -0.991. The van der Waals surface area contributed by atoms with E-state index in [0.717, 1.165) is 4.90 Å². The number of nitrogens with one attached hydrogen (secondary N) is 1. The van der Waals surface area contributed by atoms with Crippen molar-refractivity contribution in [2.24, 2.45) is 0 Å². The van der Waals surface area contributed by atoms with Crippen molar-refractivity contribution in [3.63, 3.8) is 0 Å². The van der Waals surface area contributed by atoms with E-state index in [2.05, 4.69) is 5.32 Å². The van der Waals surface area contributed by atoms with Crippen LogP contribution >= 0.6 is 0 Å². The van der Waals surface area contributed by atoms with Gasteiger partial charge in [0, 0.05) is 17.7 Å². The van der Waals surface area contributed by atoms with Gasteiger partial charge >= 0.3 is 6.03 Å². The number of hydrogen-bond donors (Lipinski definition) is 1. The monoisotopic (exact) mass is 403 g/mol. The van der Waals surface area contributed by atoms with Gasteiger partial charge in [-0.25, -0.2) is 9.69 Å². The molecule has 3 aromatic rings. The number of rotatable bonds is 4. The summed E-state index contributed by atoms with van der Waals surface area (Å²) < 4.78 is 5.66. The predicted octanol–water partition coefficient (Wildman–Crippen LogP) is 3.52. The van der Waals surface area contributed by atoms with Crippen LogP contribution in [0.4, 0.5) is 16.2 Å². The minimum absolute atomic E-state index is 0.0530. The van der Waals surface area contributed by atoms with Crippen LogP contribution in [0.1, 0.15) is 5.76 Å². The molecule has 0 bridgehead atoms. The Balaban J connectivity index is 1.64. The molecular formula is C21H13N3O6. The summed E-state index contributed by atoms with van der Waals surface area (Å²) in [4.78, 5) is 48.3. The first-order valence-corrected chi connectivity index (χ1v) is 8.75. The van der Waals surface area contributed by atoms with E-state index < -0.39 is 22.8 Å². The van der Waals surface area contributed by atoms with E-state index in [0.29, 0.717) is 17.0 Å². The third-order valence-electron chi connectivity index (χ3n) is 4.39. The molecule has 0 aliphatic carbocycles. The Hall–Kier alpha value is -4.53. The first-order chi connectivity index (χ1) is 14.4. The summed E-state index contributed by atoms with van der Waals surface area (Å²) in [7, 11) is 0. The van der Waals surface area contributed by atoms with Crippen LogP contribution < -0.4 is 10.2 Å². The number of urea groups is 1. The van der Waals surface area contributed by atoms with Crippen LogP contribution in [-0.4, -0.2) is 22.8 Å². The van der Waals surface area contributed by atoms with Crippen LogP contribution in [0.15, 0.2) is 76.7 Å². The third kappa shape index (κ3) is 3.47. The van der Waals surface area contributed by atoms with Crippen molar-refractivity contribution in [1.82, 2.24) is 5.32 Å². The van der Waals surface area contributed by atoms with Crippen molar-refractivity contribution in [1.29, 1.82) is 0 Å². The number of hydrogen-bond acceptors (Lipinski definition) is 6. The Kier molecular flexibility index (Phi) is 4.69. The number of amides is 4. The Morgan fingerprint density at radius 1 is 0.933 bits per heavy atom. The van der Waals surface area contributed by atoms with Crippen LogP contribution in [0.25, 0.3) is 17.4 Å². The molecule has 2 heterocycles. The molecule has 0 spiro atoms. The normalized spacial score (nSPS) is 15.4. The van der Waals surface area contributed by atoms with Crippen molar-refractivity contribution in [3.8, 4) is 11.3 Å². The molecule has 148 valence electrons. The first kappa shape index (κ1) is 18.8. The van der Waals surface area contributed by atoms with Crippen molar-refractivity contribution >= 4 is 35.3 Å². The molecule has 9 nitrogen and oxygen atoms in total. The van der Waals surface area contributed by atoms with Gasteiger partial charge in [-0.05, 0) is 42.5 Å². The summed E-state index contributed by atoms with van der Waals surface area (Å²) in [5, 5.41) is 12.9. The maximum atomic E-state index is 12.8. The lowest BCUT2D eigenvalue weighted by molar-refractivity contribution is -0.384. The van der Waals surface area contributed by atoms with Gasteiger partial charge < -0.3 is 4.42 Å². The zero-order valence-corrected chi connectivity index (χ0v) is 15.3. The number of carbonyl (C=O) groups is 3. The molecular weight excluding hydrogens is 390 g/mol. The van der Waals surface area contributed by atoms with Gasteiger partial charge in [-0.1, -0.05) is 18.2 Å². The van der Waals surface area contributed by atoms with E-state index in [1.807, 2.05) is 0 Å². The zero-order chi connectivity index (χ0) is 21.3. The van der Waals surface area contributed by atoms with Crippen LogP contribution in [-0.2, 0) is 9.59 Å². The smallest absolute Gasteiger partial charge is 0.335 e. The Labute approximate surface area is 169 Å². The quantitative estimate of drug-likeness (QED) is 0.308. The van der Waals surface area contributed by atoms with Crippen LogP contribution in [0.2, 0.25) is 0 Å². The summed E-state index contributed by atoms with van der Waals surface area (Å²) in [6.45, 7) is 0. The van der Waals surface area contributed by atoms with Crippen molar-refractivity contribution in [3.05, 3.63) is 88.2 Å². The number of benzene rings is 2. The average Bonchev–Trinajstić information content (AvgIpc) is 3.20. The van der Waals surface area contributed by atoms with Gasteiger partial charge in [0.05, 0.1) is 10.6 Å². The van der Waals surface area contributed by atoms with Gasteiger partial charge in [0.25, 0.3) is 17.5 Å². The lowest BCUT2D eigenvalue weighted by Crippen LogP contribution is -2.54. The molecule has 0 saturated carbocycles. The second kappa shape index (κ2) is 7.47. The summed E-state index contributed by atoms with van der Waals surface area (Å²) in [5.41, 5.74) is 0.598. The number of para-hydroxylation sites is 1. The Morgan fingerprint density at radius 2 is 1.63 bits per heavy atom. The Bertz CT molecular complexity index is 1190. The van der Waals surface area contributed by atoms with E-state index in [1.54, 1.807) is 42.5 Å². The van der Waals surface area contributed by atoms with Gasteiger partial charge in [-0.3, -0.25) is 25.0 Å². The molecule has 1 N–H and O–H groups in total. The van der Waals surface area contributed by atoms with E-state index in [-0.39, 0.29) is 17.0 Å². The van der Waals surface area contributed by atoms with Crippen molar-refractivity contribution in [2.75, 3.05) is 4.90 Å². The molecule has 2 aromatic carbocycles. The largest absolute Gasteiger partial charge is 0.457 e. The average molecular weight is 403 g/mol. The van der Waals surface area contributed by atoms with Gasteiger partial charge in [-0.15, -0.1) is 0 Å². The molecule has 0 radical (unpaired) electrons. The molecule has 1 fully saturated rings. The fraction of sp³-hybridized carbons (Fsp3) is 0. The highest BCUT2D eigenvalue weighted by molar-refractivity contribution is 6.39. The zero-order valence-electron chi connectivity index (χ0n) is 15.3. The minimum atomic E-state index is -0.834. The second-order valence-corrected chi connectivity index (χ2v) is 6.30. The highest BCUT2D eigenvalue weighted by Crippen LogP contribution is 2.27. The minimum Gasteiger partial charge on any atom is -0.457 e. The Morgan fingerprint density at radius 3 is 2.30 bits per heavy atom. The molecule has 1 aliphatic rings. The van der Waals surface area contributed by atoms with Crippen LogP contribution in [0, 0.1) is 10.1 Å². The number of anilines is 1. The van der Waals surface area contributed by atoms with Gasteiger partial charge in [0.15, 0.2) is 0 Å². The molecule has 30 heavy (non-hydrogen) atoms. The molecule has 0 unspecified atom stereocenters. The van der Waals surface area contributed by atoms with Gasteiger partial charge in [0.1, 0.15) is 17.1 Å². The molecule has 1 saturated heterocycles. The van der Waals surface area contributed by atoms with E-state index in [1.165, 1.54) is 30.3 Å². The fourth-order valence-corrected chi connectivity index (χ4v) is 2.94. The van der Waals surface area contributed by atoms with Crippen molar-refractivity contribution in [2.45, 2.75) is 0 Å². The summed E-state index contributed by atoms with van der Waals surface area (Å²) in [6.07, 6.45) is 1.24. The standard InChI is InChI=1S/C21H13N3O6/c25-19-17(20(26)23(21(27)22-19)14-4-2-1-3-5-14)12-16-10-11-18(30-16)13-6-8-15(9-7-13)24(28)29/h1-12H,(H,22,25,27)/b17-12+. The van der Waals surface area contributed by atoms with E-state index in [4.69, 9.17) is 4.42 Å². The van der Waals surface area contributed by atoms with Crippen LogP contribution in [0.3, 0.4) is 0 Å². The summed E-state index contributed by atoms with van der Waals surface area (Å²) in [6, 6.07) is 16.3. The number of barbiturate groups is 1. The van der Waals surface area contributed by atoms with Crippen molar-refractivity contribution < 1.29 is 23.7 Å².